The predicted octanol–water partition coefficient (Wildman–Crippen LogP) is 3.48. The molecule has 158 valence electrons. The normalized spacial score (nSPS) is 22.1. The van der Waals surface area contributed by atoms with E-state index < -0.39 is 9.84 Å². The van der Waals surface area contributed by atoms with E-state index in [1.54, 1.807) is 16.2 Å². The third-order valence-electron chi connectivity index (χ3n) is 6.36. The van der Waals surface area contributed by atoms with Crippen LogP contribution in [0.1, 0.15) is 61.8 Å². The summed E-state index contributed by atoms with van der Waals surface area (Å²) in [4.78, 5) is 26.0. The molecule has 2 fully saturated rings. The Hall–Kier alpha value is -1.54. The molecule has 6 nitrogen and oxygen atoms in total. The van der Waals surface area contributed by atoms with Crippen LogP contribution in [-0.2, 0) is 21.1 Å². The molecule has 2 aliphatic rings. The van der Waals surface area contributed by atoms with Crippen LogP contribution in [-0.4, -0.2) is 53.8 Å². The number of aromatic nitrogens is 2. The van der Waals surface area contributed by atoms with Crippen molar-refractivity contribution in [2.24, 2.45) is 5.41 Å². The number of thiophene rings is 1. The zero-order valence-electron chi connectivity index (χ0n) is 17.4. The maximum atomic E-state index is 12.8. The lowest BCUT2D eigenvalue weighted by atomic mass is 9.73. The average Bonchev–Trinajstić information content (AvgIpc) is 3.05. The topological polar surface area (TPSA) is 80.2 Å². The number of aryl methyl sites for hydroxylation is 1. The highest BCUT2D eigenvalue weighted by Gasteiger charge is 2.30. The number of sulfone groups is 1. The fourth-order valence-corrected chi connectivity index (χ4v) is 6.82. The average molecular weight is 436 g/mol. The highest BCUT2D eigenvalue weighted by molar-refractivity contribution is 7.91. The van der Waals surface area contributed by atoms with Crippen LogP contribution >= 0.6 is 11.3 Å². The molecule has 1 aliphatic carbocycles. The minimum Gasteiger partial charge on any atom is -0.340 e. The highest BCUT2D eigenvalue weighted by atomic mass is 32.2. The van der Waals surface area contributed by atoms with Crippen LogP contribution in [0.4, 0.5) is 0 Å². The third-order valence-corrected chi connectivity index (χ3v) is 9.16. The largest absolute Gasteiger partial charge is 0.340 e. The number of carbonyl (C=O) groups excluding carboxylic acids is 1. The molecule has 0 radical (unpaired) electrons. The molecule has 1 saturated carbocycles. The van der Waals surface area contributed by atoms with Gasteiger partial charge in [-0.2, -0.15) is 0 Å². The first-order chi connectivity index (χ1) is 13.6. The third kappa shape index (κ3) is 4.63. The first kappa shape index (κ1) is 20.7. The lowest BCUT2D eigenvalue weighted by molar-refractivity contribution is -0.130. The fourth-order valence-electron chi connectivity index (χ4n) is 4.35. The van der Waals surface area contributed by atoms with Crippen molar-refractivity contribution in [2.75, 3.05) is 24.6 Å². The summed E-state index contributed by atoms with van der Waals surface area (Å²) in [5.41, 5.74) is 1.20. The summed E-state index contributed by atoms with van der Waals surface area (Å²) in [5.74, 6) is 1.30. The zero-order chi connectivity index (χ0) is 20.8. The lowest BCUT2D eigenvalue weighted by Crippen LogP contribution is -2.44. The summed E-state index contributed by atoms with van der Waals surface area (Å²) in [6.45, 7) is 7.11. The Morgan fingerprint density at radius 1 is 1.21 bits per heavy atom. The summed E-state index contributed by atoms with van der Waals surface area (Å²) in [5, 5.41) is 0.985. The number of carbonyl (C=O) groups is 1. The van der Waals surface area contributed by atoms with Crippen LogP contribution in [0.2, 0.25) is 0 Å². The van der Waals surface area contributed by atoms with Crippen molar-refractivity contribution < 1.29 is 13.2 Å². The van der Waals surface area contributed by atoms with Gasteiger partial charge >= 0.3 is 0 Å². The molecule has 1 aliphatic heterocycles. The van der Waals surface area contributed by atoms with Gasteiger partial charge in [0.05, 0.1) is 23.6 Å². The predicted molar refractivity (Wildman–Crippen MR) is 116 cm³/mol. The fraction of sp³-hybridized carbons (Fsp3) is 0.667. The van der Waals surface area contributed by atoms with Gasteiger partial charge in [-0.1, -0.05) is 13.8 Å². The van der Waals surface area contributed by atoms with Crippen molar-refractivity contribution in [1.29, 1.82) is 0 Å². The minimum atomic E-state index is -3.00. The highest BCUT2D eigenvalue weighted by Crippen LogP contribution is 2.45. The van der Waals surface area contributed by atoms with Crippen LogP contribution in [0, 0.1) is 12.3 Å². The molecule has 0 aromatic carbocycles. The van der Waals surface area contributed by atoms with Crippen molar-refractivity contribution >= 4 is 37.3 Å². The molecule has 3 heterocycles. The monoisotopic (exact) mass is 435 g/mol. The van der Waals surface area contributed by atoms with Crippen molar-refractivity contribution in [3.8, 4) is 0 Å². The molecule has 8 heteroatoms. The van der Waals surface area contributed by atoms with Gasteiger partial charge in [0.15, 0.2) is 9.84 Å². The van der Waals surface area contributed by atoms with Gasteiger partial charge in [0.2, 0.25) is 5.91 Å². The summed E-state index contributed by atoms with van der Waals surface area (Å²) >= 11 is 1.74. The lowest BCUT2D eigenvalue weighted by Gasteiger charge is -2.33. The number of nitrogens with zero attached hydrogens (tertiary/aromatic N) is 3. The van der Waals surface area contributed by atoms with E-state index in [0.717, 1.165) is 15.9 Å². The van der Waals surface area contributed by atoms with Gasteiger partial charge in [-0.25, -0.2) is 18.4 Å². The molecule has 2 aromatic heterocycles. The van der Waals surface area contributed by atoms with Gasteiger partial charge in [-0.15, -0.1) is 11.3 Å². The van der Waals surface area contributed by atoms with E-state index in [1.807, 2.05) is 6.92 Å². The first-order valence-corrected chi connectivity index (χ1v) is 13.0. The van der Waals surface area contributed by atoms with Crippen molar-refractivity contribution in [3.05, 3.63) is 22.5 Å². The maximum absolute atomic E-state index is 12.8. The zero-order valence-corrected chi connectivity index (χ0v) is 19.0. The SMILES string of the molecule is Cc1nc(CC(=O)N2CCS(=O)(=O)CC2)c2cc(C3CCC(C)(C)CC3)sc2n1. The van der Waals surface area contributed by atoms with Gasteiger partial charge in [-0.05, 0) is 50.0 Å². The minimum absolute atomic E-state index is 0.0496. The summed E-state index contributed by atoms with van der Waals surface area (Å²) < 4.78 is 23.3. The van der Waals surface area contributed by atoms with E-state index in [1.165, 1.54) is 30.6 Å². The quantitative estimate of drug-likeness (QED) is 0.737. The van der Waals surface area contributed by atoms with Gasteiger partial charge < -0.3 is 4.90 Å². The molecule has 1 saturated heterocycles. The Morgan fingerprint density at radius 2 is 1.86 bits per heavy atom. The van der Waals surface area contributed by atoms with E-state index in [-0.39, 0.29) is 36.9 Å². The van der Waals surface area contributed by atoms with Crippen LogP contribution in [0.3, 0.4) is 0 Å². The standard InChI is InChI=1S/C21H29N3O3S2/c1-14-22-17(13-19(25)24-8-10-29(26,27)11-9-24)16-12-18(28-20(16)23-14)15-4-6-21(2,3)7-5-15/h12,15H,4-11,13H2,1-3H3. The van der Waals surface area contributed by atoms with Crippen LogP contribution in [0.15, 0.2) is 6.07 Å². The smallest absolute Gasteiger partial charge is 0.228 e. The van der Waals surface area contributed by atoms with Crippen molar-refractivity contribution in [3.63, 3.8) is 0 Å². The van der Waals surface area contributed by atoms with Crippen LogP contribution in [0.5, 0.6) is 0 Å². The summed E-state index contributed by atoms with van der Waals surface area (Å²) in [6, 6.07) is 2.20. The van der Waals surface area contributed by atoms with Crippen molar-refractivity contribution in [2.45, 2.75) is 58.8 Å². The second-order valence-corrected chi connectivity index (χ2v) is 12.6. The molecule has 0 unspecified atom stereocenters. The molecule has 4 rings (SSSR count). The van der Waals surface area contributed by atoms with Crippen LogP contribution < -0.4 is 0 Å². The molecular formula is C21H29N3O3S2. The number of fused-ring (bicyclic) bond motifs is 1. The number of rotatable bonds is 3. The number of amides is 1. The number of hydrogen-bond acceptors (Lipinski definition) is 6. The molecule has 0 bridgehead atoms. The Bertz CT molecular complexity index is 1020. The molecule has 0 spiro atoms. The van der Waals surface area contributed by atoms with E-state index in [9.17, 15) is 13.2 Å². The summed E-state index contributed by atoms with van der Waals surface area (Å²) in [7, 11) is -3.00. The maximum Gasteiger partial charge on any atom is 0.228 e. The van der Waals surface area contributed by atoms with E-state index in [0.29, 0.717) is 17.2 Å². The van der Waals surface area contributed by atoms with Crippen LogP contribution in [0.25, 0.3) is 10.2 Å². The summed E-state index contributed by atoms with van der Waals surface area (Å²) in [6.07, 6.45) is 5.07. The van der Waals surface area contributed by atoms with Gasteiger partial charge in [0.25, 0.3) is 0 Å². The number of hydrogen-bond donors (Lipinski definition) is 0. The van der Waals surface area contributed by atoms with E-state index in [2.05, 4.69) is 29.9 Å². The Balaban J connectivity index is 1.55. The second kappa shape index (κ2) is 7.61. The Morgan fingerprint density at radius 3 is 2.52 bits per heavy atom. The molecule has 2 aromatic rings. The van der Waals surface area contributed by atoms with E-state index >= 15 is 0 Å². The first-order valence-electron chi connectivity index (χ1n) is 10.4. The second-order valence-electron chi connectivity index (χ2n) is 9.23. The molecule has 29 heavy (non-hydrogen) atoms. The van der Waals surface area contributed by atoms with Gasteiger partial charge in [0, 0.05) is 23.4 Å². The molecule has 0 N–H and O–H groups in total. The van der Waals surface area contributed by atoms with Gasteiger partial charge in [0.1, 0.15) is 10.7 Å². The molecular weight excluding hydrogens is 406 g/mol. The Labute approximate surface area is 176 Å². The molecule has 1 amide bonds. The Kier molecular flexibility index (Phi) is 5.44. The van der Waals surface area contributed by atoms with Crippen molar-refractivity contribution in [1.82, 2.24) is 14.9 Å². The van der Waals surface area contributed by atoms with Gasteiger partial charge in [-0.3, -0.25) is 4.79 Å². The molecule has 0 atom stereocenters. The van der Waals surface area contributed by atoms with E-state index in [4.69, 9.17) is 0 Å².